The molecule has 0 radical (unpaired) electrons. The summed E-state index contributed by atoms with van der Waals surface area (Å²) in [6.45, 7) is 2.77. The van der Waals surface area contributed by atoms with Crippen LogP contribution in [0.3, 0.4) is 0 Å². The minimum atomic E-state index is -4.72. The summed E-state index contributed by atoms with van der Waals surface area (Å²) in [7, 11) is -4.72. The minimum absolute atomic E-state index is 0.157. The van der Waals surface area contributed by atoms with Gasteiger partial charge in [-0.3, -0.25) is 23.4 Å². The molecule has 0 heterocycles. The van der Waals surface area contributed by atoms with Crippen molar-refractivity contribution in [2.45, 2.75) is 212 Å². The van der Waals surface area contributed by atoms with Crippen LogP contribution in [0.5, 0.6) is 0 Å². The van der Waals surface area contributed by atoms with Crippen molar-refractivity contribution in [1.29, 1.82) is 0 Å². The van der Waals surface area contributed by atoms with E-state index < -0.39 is 51.1 Å². The lowest BCUT2D eigenvalue weighted by Crippen LogP contribution is -2.34. The Bertz CT molecular complexity index is 1040. The molecule has 322 valence electrons. The van der Waals surface area contributed by atoms with Gasteiger partial charge in [-0.25, -0.2) is 4.57 Å². The number of hydrogen-bond acceptors (Lipinski definition) is 9. The minimum Gasteiger partial charge on any atom is -0.480 e. The number of ether oxygens (including phenoxy) is 2. The molecule has 0 aliphatic rings. The fourth-order valence-electron chi connectivity index (χ4n) is 5.99. The molecule has 1 unspecified atom stereocenters. The van der Waals surface area contributed by atoms with Crippen molar-refractivity contribution in [1.82, 2.24) is 0 Å². The van der Waals surface area contributed by atoms with Crippen molar-refractivity contribution >= 4 is 25.7 Å². The highest BCUT2D eigenvalue weighted by Crippen LogP contribution is 2.43. The van der Waals surface area contributed by atoms with Gasteiger partial charge in [0.15, 0.2) is 6.10 Å². The maximum atomic E-state index is 12.6. The predicted molar refractivity (Wildman–Crippen MR) is 222 cm³/mol. The molecule has 3 atom stereocenters. The van der Waals surface area contributed by atoms with E-state index in [1.165, 1.54) is 122 Å². The highest BCUT2D eigenvalue weighted by atomic mass is 31.2. The van der Waals surface area contributed by atoms with Crippen LogP contribution in [0.4, 0.5) is 0 Å². The molecule has 0 aromatic carbocycles. The van der Waals surface area contributed by atoms with Crippen LogP contribution in [0.25, 0.3) is 0 Å². The van der Waals surface area contributed by atoms with Gasteiger partial charge < -0.3 is 25.2 Å². The zero-order valence-electron chi connectivity index (χ0n) is 34.8. The number of phosphoric acid groups is 1. The molecule has 12 heteroatoms. The highest BCUT2D eigenvalue weighted by molar-refractivity contribution is 7.47. The van der Waals surface area contributed by atoms with Crippen LogP contribution in [0, 0.1) is 0 Å². The third kappa shape index (κ3) is 38.6. The summed E-state index contributed by atoms with van der Waals surface area (Å²) in [6.07, 6.45) is 39.6. The number of allylic oxidation sites excluding steroid dienone is 4. The lowest BCUT2D eigenvalue weighted by atomic mass is 10.0. The lowest BCUT2D eigenvalue weighted by Gasteiger charge is -2.20. The van der Waals surface area contributed by atoms with Gasteiger partial charge in [-0.05, 0) is 38.5 Å². The molecule has 0 aliphatic carbocycles. The number of phosphoric ester groups is 1. The quantitative estimate of drug-likeness (QED) is 0.0232. The number of nitrogens with two attached hydrogens (primary N) is 1. The third-order valence-electron chi connectivity index (χ3n) is 9.45. The summed E-state index contributed by atoms with van der Waals surface area (Å²) in [5, 5.41) is 8.88. The molecule has 0 aromatic rings. The first-order chi connectivity index (χ1) is 26.6. The second kappa shape index (κ2) is 38.8. The number of esters is 2. The van der Waals surface area contributed by atoms with E-state index in [-0.39, 0.29) is 19.4 Å². The van der Waals surface area contributed by atoms with Gasteiger partial charge in [0, 0.05) is 12.8 Å². The molecule has 0 saturated carbocycles. The standard InChI is InChI=1S/C43H80NO10P/c1-3-5-7-9-11-13-15-17-19-20-21-23-24-26-28-30-32-34-41(45)51-36-39(37-52-55(49,50)53-38-40(44)43(47)48)54-42(46)35-33-31-29-27-25-22-18-16-14-12-10-8-6-4-2/h21,23,26,28,39-40H,3-20,22,24-25,27,29-38,44H2,1-2H3,(H,47,48)(H,49,50)/b23-21+,28-26+/t39-,40+/m1/s1. The molecule has 0 amide bonds. The number of aliphatic carboxylic acids is 1. The normalized spacial score (nSPS) is 14.0. The number of carbonyl (C=O) groups excluding carboxylic acids is 2. The van der Waals surface area contributed by atoms with Crippen LogP contribution in [0.2, 0.25) is 0 Å². The van der Waals surface area contributed by atoms with E-state index in [0.29, 0.717) is 19.3 Å². The Hall–Kier alpha value is -2.04. The van der Waals surface area contributed by atoms with Crippen molar-refractivity contribution < 1.29 is 47.5 Å². The largest absolute Gasteiger partial charge is 0.480 e. The van der Waals surface area contributed by atoms with E-state index in [4.69, 9.17) is 24.8 Å². The Labute approximate surface area is 334 Å². The van der Waals surface area contributed by atoms with Gasteiger partial charge in [-0.15, -0.1) is 0 Å². The molecule has 0 aromatic heterocycles. The molecule has 4 N–H and O–H groups in total. The third-order valence-corrected chi connectivity index (χ3v) is 10.4. The van der Waals surface area contributed by atoms with Gasteiger partial charge in [-0.2, -0.15) is 0 Å². The van der Waals surface area contributed by atoms with E-state index in [1.54, 1.807) is 0 Å². The van der Waals surface area contributed by atoms with Gasteiger partial charge in [-0.1, -0.05) is 173 Å². The zero-order valence-corrected chi connectivity index (χ0v) is 35.7. The second-order valence-corrected chi connectivity index (χ2v) is 16.3. The fourth-order valence-corrected chi connectivity index (χ4v) is 6.77. The molecule has 11 nitrogen and oxygen atoms in total. The maximum absolute atomic E-state index is 12.6. The molecular formula is C43H80NO10P. The van der Waals surface area contributed by atoms with Gasteiger partial charge in [0.25, 0.3) is 0 Å². The smallest absolute Gasteiger partial charge is 0.472 e. The Morgan fingerprint density at radius 2 is 0.982 bits per heavy atom. The van der Waals surface area contributed by atoms with Crippen LogP contribution >= 0.6 is 7.82 Å². The fraction of sp³-hybridized carbons (Fsp3) is 0.837. The predicted octanol–water partition coefficient (Wildman–Crippen LogP) is 11.5. The summed E-state index contributed by atoms with van der Waals surface area (Å²) in [4.78, 5) is 45.9. The van der Waals surface area contributed by atoms with Crippen LogP contribution in [-0.2, 0) is 37.5 Å². The second-order valence-electron chi connectivity index (χ2n) is 14.8. The number of carbonyl (C=O) groups is 3. The number of rotatable bonds is 41. The highest BCUT2D eigenvalue weighted by Gasteiger charge is 2.28. The number of hydrogen-bond donors (Lipinski definition) is 3. The van der Waals surface area contributed by atoms with E-state index in [1.807, 2.05) is 6.08 Å². The van der Waals surface area contributed by atoms with E-state index in [9.17, 15) is 23.8 Å². The first-order valence-electron chi connectivity index (χ1n) is 21.9. The molecule has 0 rings (SSSR count). The van der Waals surface area contributed by atoms with Crippen molar-refractivity contribution in [2.75, 3.05) is 19.8 Å². The molecule has 0 saturated heterocycles. The molecular weight excluding hydrogens is 721 g/mol. The van der Waals surface area contributed by atoms with Crippen molar-refractivity contribution in [3.63, 3.8) is 0 Å². The Morgan fingerprint density at radius 1 is 0.564 bits per heavy atom. The van der Waals surface area contributed by atoms with E-state index in [2.05, 4.69) is 36.6 Å². The monoisotopic (exact) mass is 802 g/mol. The SMILES string of the molecule is CCCCCCCCCCC/C=C/C/C=C/CCCC(=O)OC[C@H](COP(=O)(O)OC[C@H](N)C(=O)O)OC(=O)CCCCCCCCCCCCCCCC. The zero-order chi connectivity index (χ0) is 40.7. The first kappa shape index (κ1) is 53.0. The Balaban J connectivity index is 4.40. The van der Waals surface area contributed by atoms with Crippen LogP contribution in [0.15, 0.2) is 24.3 Å². The van der Waals surface area contributed by atoms with Crippen molar-refractivity contribution in [3.8, 4) is 0 Å². The van der Waals surface area contributed by atoms with Crippen LogP contribution in [-0.4, -0.2) is 59.9 Å². The van der Waals surface area contributed by atoms with Gasteiger partial charge in [0.2, 0.25) is 0 Å². The lowest BCUT2D eigenvalue weighted by molar-refractivity contribution is -0.161. The molecule has 0 spiro atoms. The molecule has 0 fully saturated rings. The van der Waals surface area contributed by atoms with Crippen LogP contribution in [0.1, 0.15) is 200 Å². The summed E-state index contributed by atoms with van der Waals surface area (Å²) >= 11 is 0. The summed E-state index contributed by atoms with van der Waals surface area (Å²) < 4.78 is 32.6. The van der Waals surface area contributed by atoms with Crippen molar-refractivity contribution in [3.05, 3.63) is 24.3 Å². The Morgan fingerprint density at radius 3 is 1.47 bits per heavy atom. The summed E-state index contributed by atoms with van der Waals surface area (Å²) in [5.74, 6) is -2.43. The van der Waals surface area contributed by atoms with Gasteiger partial charge in [0.05, 0.1) is 13.2 Å². The average molecular weight is 802 g/mol. The number of carboxylic acids is 1. The average Bonchev–Trinajstić information content (AvgIpc) is 3.16. The molecule has 0 bridgehead atoms. The number of carboxylic acid groups (broad SMARTS) is 1. The van der Waals surface area contributed by atoms with Gasteiger partial charge >= 0.3 is 25.7 Å². The molecule has 0 aliphatic heterocycles. The molecule has 55 heavy (non-hydrogen) atoms. The summed E-state index contributed by atoms with van der Waals surface area (Å²) in [5.41, 5.74) is 5.33. The Kier molecular flexibility index (Phi) is 37.4. The van der Waals surface area contributed by atoms with E-state index in [0.717, 1.165) is 32.1 Å². The topological polar surface area (TPSA) is 172 Å². The first-order valence-corrected chi connectivity index (χ1v) is 23.4. The van der Waals surface area contributed by atoms with E-state index >= 15 is 0 Å². The van der Waals surface area contributed by atoms with Crippen LogP contribution < -0.4 is 5.73 Å². The van der Waals surface area contributed by atoms with Crippen molar-refractivity contribution in [2.24, 2.45) is 5.73 Å². The maximum Gasteiger partial charge on any atom is 0.472 e. The number of unbranched alkanes of at least 4 members (excludes halogenated alkanes) is 23. The van der Waals surface area contributed by atoms with Gasteiger partial charge in [0.1, 0.15) is 12.6 Å². The summed E-state index contributed by atoms with van der Waals surface area (Å²) in [6, 6.07) is -1.52.